The zero-order chi connectivity index (χ0) is 15.0. The zero-order valence-electron chi connectivity index (χ0n) is 12.8. The Kier molecular flexibility index (Phi) is 4.20. The van der Waals surface area contributed by atoms with E-state index in [0.29, 0.717) is 18.9 Å². The summed E-state index contributed by atoms with van der Waals surface area (Å²) in [7, 11) is 1.79. The van der Waals surface area contributed by atoms with E-state index in [-0.39, 0.29) is 23.8 Å². The largest absolute Gasteiger partial charge is 0.391 e. The third-order valence-electron chi connectivity index (χ3n) is 5.28. The molecule has 3 fully saturated rings. The first-order valence-electron chi connectivity index (χ1n) is 8.28. The second-order valence-electron chi connectivity index (χ2n) is 7.01. The Balaban J connectivity index is 1.58. The minimum Gasteiger partial charge on any atom is -0.391 e. The van der Waals surface area contributed by atoms with Crippen molar-refractivity contribution < 1.29 is 14.7 Å². The molecule has 3 atom stereocenters. The van der Waals surface area contributed by atoms with Crippen molar-refractivity contribution in [2.24, 2.45) is 11.8 Å². The maximum Gasteiger partial charge on any atom is 0.228 e. The minimum absolute atomic E-state index is 0.0348. The number of aliphatic hydroxyl groups is 1. The Labute approximate surface area is 126 Å². The molecule has 2 saturated carbocycles. The Morgan fingerprint density at radius 3 is 2.67 bits per heavy atom. The lowest BCUT2D eigenvalue weighted by molar-refractivity contribution is -0.139. The summed E-state index contributed by atoms with van der Waals surface area (Å²) < 4.78 is 0. The van der Waals surface area contributed by atoms with Crippen LogP contribution in [0.2, 0.25) is 0 Å². The fourth-order valence-electron chi connectivity index (χ4n) is 3.72. The van der Waals surface area contributed by atoms with Gasteiger partial charge in [-0.2, -0.15) is 0 Å². The molecule has 0 spiro atoms. The van der Waals surface area contributed by atoms with Crippen LogP contribution in [0.5, 0.6) is 0 Å². The van der Waals surface area contributed by atoms with Crippen LogP contribution in [-0.4, -0.2) is 59.0 Å². The number of amides is 2. The van der Waals surface area contributed by atoms with Crippen LogP contribution in [0.15, 0.2) is 0 Å². The third-order valence-corrected chi connectivity index (χ3v) is 5.28. The van der Waals surface area contributed by atoms with Crippen LogP contribution in [0.3, 0.4) is 0 Å². The minimum atomic E-state index is -0.410. The standard InChI is InChI=1S/C16H26N2O3/c1-17(13-4-2-3-5-14(13)19)16(21)12-8-15(20)18(10-12)9-11-6-7-11/h11-14,19H,2-10H2,1H3. The Bertz CT molecular complexity index is 422. The molecule has 118 valence electrons. The lowest BCUT2D eigenvalue weighted by atomic mass is 9.91. The fraction of sp³-hybridized carbons (Fsp3) is 0.875. The Hall–Kier alpha value is -1.10. The van der Waals surface area contributed by atoms with Crippen LogP contribution in [0, 0.1) is 11.8 Å². The van der Waals surface area contributed by atoms with E-state index in [9.17, 15) is 14.7 Å². The van der Waals surface area contributed by atoms with Crippen LogP contribution >= 0.6 is 0 Å². The van der Waals surface area contributed by atoms with Crippen molar-refractivity contribution in [1.29, 1.82) is 0 Å². The third kappa shape index (κ3) is 3.23. The van der Waals surface area contributed by atoms with Gasteiger partial charge in [-0.3, -0.25) is 9.59 Å². The van der Waals surface area contributed by atoms with E-state index in [0.717, 1.165) is 32.2 Å². The summed E-state index contributed by atoms with van der Waals surface area (Å²) in [5, 5.41) is 10.1. The molecule has 21 heavy (non-hydrogen) atoms. The first-order valence-corrected chi connectivity index (χ1v) is 8.28. The number of hydrogen-bond donors (Lipinski definition) is 1. The second kappa shape index (κ2) is 5.95. The van der Waals surface area contributed by atoms with Crippen LogP contribution in [-0.2, 0) is 9.59 Å². The number of carbonyl (C=O) groups is 2. The molecule has 1 saturated heterocycles. The molecular formula is C16H26N2O3. The Morgan fingerprint density at radius 2 is 2.00 bits per heavy atom. The van der Waals surface area contributed by atoms with E-state index < -0.39 is 6.10 Å². The van der Waals surface area contributed by atoms with Gasteiger partial charge in [-0.25, -0.2) is 0 Å². The molecular weight excluding hydrogens is 268 g/mol. The van der Waals surface area contributed by atoms with Crippen LogP contribution < -0.4 is 0 Å². The maximum absolute atomic E-state index is 12.6. The highest BCUT2D eigenvalue weighted by Gasteiger charge is 2.40. The van der Waals surface area contributed by atoms with Gasteiger partial charge in [0, 0.05) is 26.6 Å². The highest BCUT2D eigenvalue weighted by atomic mass is 16.3. The van der Waals surface area contributed by atoms with Crippen LogP contribution in [0.25, 0.3) is 0 Å². The summed E-state index contributed by atoms with van der Waals surface area (Å²) >= 11 is 0. The first kappa shape index (κ1) is 14.8. The van der Waals surface area contributed by atoms with Gasteiger partial charge in [-0.15, -0.1) is 0 Å². The molecule has 1 N–H and O–H groups in total. The fourth-order valence-corrected chi connectivity index (χ4v) is 3.72. The van der Waals surface area contributed by atoms with Crippen molar-refractivity contribution in [3.63, 3.8) is 0 Å². The molecule has 2 amide bonds. The summed E-state index contributed by atoms with van der Waals surface area (Å²) in [6, 6.07) is -0.0705. The quantitative estimate of drug-likeness (QED) is 0.841. The molecule has 0 aromatic heterocycles. The lowest BCUT2D eigenvalue weighted by Crippen LogP contribution is -2.48. The summed E-state index contributed by atoms with van der Waals surface area (Å²) in [5.74, 6) is 0.613. The molecule has 3 rings (SSSR count). The van der Waals surface area contributed by atoms with Crippen molar-refractivity contribution in [2.75, 3.05) is 20.1 Å². The highest BCUT2D eigenvalue weighted by Crippen LogP contribution is 2.32. The summed E-state index contributed by atoms with van der Waals surface area (Å²) in [6.07, 6.45) is 6.13. The summed E-state index contributed by atoms with van der Waals surface area (Å²) in [6.45, 7) is 1.40. The number of rotatable bonds is 4. The van der Waals surface area contributed by atoms with Gasteiger partial charge in [0.1, 0.15) is 0 Å². The van der Waals surface area contributed by atoms with Gasteiger partial charge in [0.2, 0.25) is 11.8 Å². The molecule has 3 aliphatic rings. The van der Waals surface area contributed by atoms with E-state index in [1.54, 1.807) is 11.9 Å². The molecule has 5 heteroatoms. The maximum atomic E-state index is 12.6. The monoisotopic (exact) mass is 294 g/mol. The average Bonchev–Trinajstić information content (AvgIpc) is 3.21. The number of likely N-dealkylation sites (tertiary alicyclic amines) is 1. The van der Waals surface area contributed by atoms with E-state index in [1.165, 1.54) is 12.8 Å². The van der Waals surface area contributed by atoms with Gasteiger partial charge >= 0.3 is 0 Å². The van der Waals surface area contributed by atoms with Crippen molar-refractivity contribution in [1.82, 2.24) is 9.80 Å². The van der Waals surface area contributed by atoms with Gasteiger partial charge in [0.05, 0.1) is 18.1 Å². The second-order valence-corrected chi connectivity index (χ2v) is 7.01. The zero-order valence-corrected chi connectivity index (χ0v) is 12.8. The molecule has 0 aromatic rings. The van der Waals surface area contributed by atoms with Gasteiger partial charge in [-0.1, -0.05) is 12.8 Å². The molecule has 0 aromatic carbocycles. The molecule has 3 unspecified atom stereocenters. The summed E-state index contributed by atoms with van der Waals surface area (Å²) in [5.41, 5.74) is 0. The normalized spacial score (nSPS) is 33.3. The Morgan fingerprint density at radius 1 is 1.29 bits per heavy atom. The van der Waals surface area contributed by atoms with Gasteiger partial charge in [-0.05, 0) is 31.6 Å². The highest BCUT2D eigenvalue weighted by molar-refractivity contribution is 5.89. The molecule has 5 nitrogen and oxygen atoms in total. The van der Waals surface area contributed by atoms with Crippen LogP contribution in [0.1, 0.15) is 44.9 Å². The van der Waals surface area contributed by atoms with Crippen molar-refractivity contribution in [3.8, 4) is 0 Å². The van der Waals surface area contributed by atoms with E-state index in [4.69, 9.17) is 0 Å². The van der Waals surface area contributed by atoms with Gasteiger partial charge in [0.25, 0.3) is 0 Å². The van der Waals surface area contributed by atoms with E-state index in [2.05, 4.69) is 0 Å². The summed E-state index contributed by atoms with van der Waals surface area (Å²) in [4.78, 5) is 28.2. The molecule has 0 bridgehead atoms. The van der Waals surface area contributed by atoms with E-state index >= 15 is 0 Å². The number of carbonyl (C=O) groups excluding carboxylic acids is 2. The predicted molar refractivity (Wildman–Crippen MR) is 78.4 cm³/mol. The van der Waals surface area contributed by atoms with Crippen molar-refractivity contribution in [3.05, 3.63) is 0 Å². The van der Waals surface area contributed by atoms with E-state index in [1.807, 2.05) is 4.90 Å². The molecule has 0 radical (unpaired) electrons. The lowest BCUT2D eigenvalue weighted by Gasteiger charge is -2.36. The molecule has 1 aliphatic heterocycles. The van der Waals surface area contributed by atoms with Gasteiger partial charge < -0.3 is 14.9 Å². The number of likely N-dealkylation sites (N-methyl/N-ethyl adjacent to an activating group) is 1. The van der Waals surface area contributed by atoms with Crippen LogP contribution in [0.4, 0.5) is 0 Å². The predicted octanol–water partition coefficient (Wildman–Crippen LogP) is 1.01. The number of aliphatic hydroxyl groups excluding tert-OH is 1. The van der Waals surface area contributed by atoms with Gasteiger partial charge in [0.15, 0.2) is 0 Å². The smallest absolute Gasteiger partial charge is 0.228 e. The first-order chi connectivity index (χ1) is 10.1. The van der Waals surface area contributed by atoms with Crippen molar-refractivity contribution >= 4 is 11.8 Å². The average molecular weight is 294 g/mol. The number of hydrogen-bond acceptors (Lipinski definition) is 3. The SMILES string of the molecule is CN(C(=O)C1CC(=O)N(CC2CC2)C1)C1CCCCC1O. The topological polar surface area (TPSA) is 60.9 Å². The van der Waals surface area contributed by atoms with Crippen molar-refractivity contribution in [2.45, 2.75) is 57.1 Å². The molecule has 1 heterocycles. The molecule has 2 aliphatic carbocycles. The number of nitrogens with zero attached hydrogens (tertiary/aromatic N) is 2.